The van der Waals surface area contributed by atoms with Crippen LogP contribution >= 0.6 is 39.1 Å². The molecule has 0 radical (unpaired) electrons. The van der Waals surface area contributed by atoms with Gasteiger partial charge < -0.3 is 86.0 Å². The zero-order valence-electron chi connectivity index (χ0n) is 61.6. The fraction of sp³-hybridized carbons (Fsp3) is 0.542. The molecule has 119 heavy (non-hydrogen) atoms. The molecule has 5 unspecified atom stereocenters. The van der Waals surface area contributed by atoms with Gasteiger partial charge in [-0.1, -0.05) is 0 Å². The van der Waals surface area contributed by atoms with E-state index < -0.39 is 243 Å². The number of phosphoric acid groups is 5. The third-order valence-electron chi connectivity index (χ3n) is 19.8. The Labute approximate surface area is 663 Å². The highest BCUT2D eigenvalue weighted by atomic mass is 31.2. The number of aryl methyl sites for hydroxylation is 2. The van der Waals surface area contributed by atoms with Gasteiger partial charge in [-0.15, -0.1) is 0 Å². The maximum atomic E-state index is 14.5. The van der Waals surface area contributed by atoms with Crippen molar-refractivity contribution in [3.8, 4) is 0 Å². The summed E-state index contributed by atoms with van der Waals surface area (Å²) in [5.74, 6) is -0.241. The highest BCUT2D eigenvalue weighted by molar-refractivity contribution is 7.48. The Morgan fingerprint density at radius 3 is 1.05 bits per heavy atom. The largest absolute Gasteiger partial charge is 0.472 e. The molecule has 9 aromatic heterocycles. The number of nitrogens with one attached hydrogen (secondary N) is 2. The normalized spacial score (nSPS) is 29.8. The standard InChI is InChI=1S/C59H75N22O33P5/c1-25-11-77(58(87)74-55(25)84)42-6-28(33(13-82)104-42)110-116(91,92)100-17-37-31(9-44(108-37)80-23-71-47-50(62)65-20-68-53(47)80)114-119(97,98)102-16-36-30(8-43(107-36)78-12-26(2)56(85)75-59(78)88)112-117(93,94)103-18-38-32(10-45(109-38)81-24-72-48-51(63)66-21-69-54(48)81)113-118(95,96)101-15-35-29(7-41(106-35)76-4-3-39(60)73-57(76)86)111-115(89,90)99-14-34-27(83)5-40(105-34)79-22-70-46-49(61)64-19-67-52(46)79/h3-4,11-12,19-24,27-38,40-45,82-83H,5-10,13-18H2,1-2H3,(H,89,90)(H,91,92)(H,93,94)(H,95,96)(H,97,98)(H2,60,73,86)(H2,61,64,67)(H2,62,65,68)(H2,63,66,69)(H,74,84,87)(H,75,85,88)/t27-,28-,29-,30-,31-,32-,33+,34+,35+,36+,37+,38+,40+,41+,42+,43+,44+,45+/m0/s1. The van der Waals surface area contributed by atoms with Crippen molar-refractivity contribution in [2.75, 3.05) is 62.6 Å². The molecule has 17 N–H and O–H groups in total. The van der Waals surface area contributed by atoms with E-state index in [1.165, 1.54) is 71.3 Å². The van der Waals surface area contributed by atoms with Gasteiger partial charge in [-0.2, -0.15) is 4.98 Å². The van der Waals surface area contributed by atoms with E-state index in [0.29, 0.717) is 0 Å². The van der Waals surface area contributed by atoms with Crippen LogP contribution in [0.25, 0.3) is 33.5 Å². The van der Waals surface area contributed by atoms with Crippen molar-refractivity contribution in [1.29, 1.82) is 0 Å². The van der Waals surface area contributed by atoms with E-state index in [2.05, 4.69) is 59.8 Å². The number of nitrogen functional groups attached to an aromatic ring is 4. The zero-order valence-corrected chi connectivity index (χ0v) is 66.1. The Bertz CT molecular complexity index is 5880. The number of rotatable bonds is 32. The van der Waals surface area contributed by atoms with Crippen LogP contribution in [0.4, 0.5) is 23.3 Å². The molecule has 6 saturated heterocycles. The number of H-pyrrole nitrogens is 2. The predicted molar refractivity (Wildman–Crippen MR) is 392 cm³/mol. The molecule has 23 atom stereocenters. The summed E-state index contributed by atoms with van der Waals surface area (Å²) < 4.78 is 169. The Morgan fingerprint density at radius 2 is 0.714 bits per heavy atom. The second-order valence-corrected chi connectivity index (χ2v) is 34.8. The first-order valence-corrected chi connectivity index (χ1v) is 43.2. The molecule has 9 aromatic rings. The third-order valence-corrected chi connectivity index (χ3v) is 24.9. The molecule has 0 saturated carbocycles. The molecule has 0 spiro atoms. The minimum Gasteiger partial charge on any atom is -0.394 e. The lowest BCUT2D eigenvalue weighted by Gasteiger charge is -2.26. The zero-order chi connectivity index (χ0) is 84.5. The topological polar surface area (TPSA) is 754 Å². The minimum absolute atomic E-state index is 0.0265. The van der Waals surface area contributed by atoms with Crippen molar-refractivity contribution in [2.24, 2.45) is 0 Å². The van der Waals surface area contributed by atoms with E-state index in [0.717, 1.165) is 32.6 Å². The van der Waals surface area contributed by atoms with Crippen LogP contribution in [0, 0.1) is 13.8 Å². The van der Waals surface area contributed by atoms with E-state index in [1.54, 1.807) is 0 Å². The number of fused-ring (bicyclic) bond motifs is 3. The van der Waals surface area contributed by atoms with Gasteiger partial charge in [0.25, 0.3) is 11.1 Å². The van der Waals surface area contributed by atoms with Gasteiger partial charge in [0.05, 0.1) is 64.7 Å². The van der Waals surface area contributed by atoms with Crippen LogP contribution in [-0.4, -0.2) is 235 Å². The van der Waals surface area contributed by atoms with Crippen LogP contribution in [-0.2, 0) is 96.5 Å². The Kier molecular flexibility index (Phi) is 24.4. The van der Waals surface area contributed by atoms with Crippen molar-refractivity contribution in [1.82, 2.24) is 87.2 Å². The van der Waals surface area contributed by atoms with Crippen LogP contribution in [0.15, 0.2) is 86.6 Å². The number of phosphoric ester groups is 5. The van der Waals surface area contributed by atoms with Crippen LogP contribution < -0.4 is 51.1 Å². The lowest BCUT2D eigenvalue weighted by atomic mass is 10.2. The number of imidazole rings is 3. The first kappa shape index (κ1) is 85.3. The number of aromatic nitrogens is 18. The molecule has 0 aromatic carbocycles. The van der Waals surface area contributed by atoms with Gasteiger partial charge in [-0.3, -0.25) is 92.2 Å². The average Bonchev–Trinajstić information content (AvgIpc) is 1.60. The minimum atomic E-state index is -5.62. The monoisotopic (exact) mass is 1770 g/mol. The molecule has 60 heteroatoms. The lowest BCUT2D eigenvalue weighted by Crippen LogP contribution is -2.33. The molecule has 0 amide bonds. The first-order valence-electron chi connectivity index (χ1n) is 35.7. The van der Waals surface area contributed by atoms with Gasteiger partial charge in [0, 0.05) is 68.2 Å². The maximum absolute atomic E-state index is 14.5. The lowest BCUT2D eigenvalue weighted by molar-refractivity contribution is -0.0648. The number of nitrogens with zero attached hydrogens (tertiary/aromatic N) is 16. The summed E-state index contributed by atoms with van der Waals surface area (Å²) in [5, 5.41) is 21.2. The van der Waals surface area contributed by atoms with E-state index in [1.807, 2.05) is 0 Å². The fourth-order valence-corrected chi connectivity index (χ4v) is 18.8. The number of aliphatic hydroxyl groups excluding tert-OH is 2. The van der Waals surface area contributed by atoms with Crippen molar-refractivity contribution in [2.45, 2.75) is 163 Å². The SMILES string of the molecule is Cc1cn([C@H]2C[C@H](OP(=O)(O)OC[C@H]3O[C@@H](n4cnc5c(N)ncnc54)C[C@@H]3OP(=O)(O)OC[C@H]3O[C@@H](n4cc(C)c(=O)[nH]c4=O)C[C@@H]3OP(=O)(O)OC[C@H]3O[C@@H](n4cnc5c(N)ncnc54)C[C@@H]3OP(=O)(O)OC[C@H]3O[C@@H](n4ccc(N)nc4=O)C[C@@H]3OP(=O)(O)OC[C@H]3O[C@@H](n4cnc5c(N)ncnc54)C[C@@H]3O)[C@@H](CO)O2)c(=O)[nH]c1=O. The molecular weight excluding hydrogens is 1700 g/mol. The predicted octanol–water partition coefficient (Wildman–Crippen LogP) is -1.60. The van der Waals surface area contributed by atoms with E-state index in [-0.39, 0.29) is 80.7 Å². The number of aromatic amines is 2. The number of nitrogens with two attached hydrogens (primary N) is 4. The fourth-order valence-electron chi connectivity index (χ4n) is 14.0. The highest BCUT2D eigenvalue weighted by Gasteiger charge is 2.52. The van der Waals surface area contributed by atoms with Gasteiger partial charge in [0.15, 0.2) is 34.4 Å². The summed E-state index contributed by atoms with van der Waals surface area (Å²) in [6.07, 6.45) is -18.1. The van der Waals surface area contributed by atoms with Crippen molar-refractivity contribution < 1.29 is 131 Å². The van der Waals surface area contributed by atoms with E-state index in [4.69, 9.17) is 96.6 Å². The summed E-state index contributed by atoms with van der Waals surface area (Å²) in [6.45, 7) is -2.99. The highest BCUT2D eigenvalue weighted by Crippen LogP contribution is 2.57. The molecule has 55 nitrogen and oxygen atoms in total. The van der Waals surface area contributed by atoms with Crippen LogP contribution in [0.5, 0.6) is 0 Å². The summed E-state index contributed by atoms with van der Waals surface area (Å²) in [6, 6.07) is 1.23. The summed E-state index contributed by atoms with van der Waals surface area (Å²) in [7, 11) is -27.3. The van der Waals surface area contributed by atoms with Gasteiger partial charge in [-0.25, -0.2) is 82.1 Å². The maximum Gasteiger partial charge on any atom is 0.472 e. The van der Waals surface area contributed by atoms with Crippen molar-refractivity contribution in [3.63, 3.8) is 0 Å². The van der Waals surface area contributed by atoms with Gasteiger partial charge in [0.2, 0.25) is 0 Å². The number of ether oxygens (including phenoxy) is 6. The van der Waals surface area contributed by atoms with Crippen LogP contribution in [0.2, 0.25) is 0 Å². The Balaban J connectivity index is 0.630. The second-order valence-electron chi connectivity index (χ2n) is 27.7. The van der Waals surface area contributed by atoms with Crippen molar-refractivity contribution >= 4 is 95.9 Å². The van der Waals surface area contributed by atoms with Crippen LogP contribution in [0.1, 0.15) is 87.0 Å². The summed E-state index contributed by atoms with van der Waals surface area (Å²) >= 11 is 0. The van der Waals surface area contributed by atoms with Gasteiger partial charge >= 0.3 is 56.2 Å². The first-order chi connectivity index (χ1) is 56.4. The number of aliphatic hydroxyl groups is 2. The quantitative estimate of drug-likeness (QED) is 0.0211. The van der Waals surface area contributed by atoms with E-state index in [9.17, 15) is 81.5 Å². The molecule has 15 heterocycles. The van der Waals surface area contributed by atoms with Gasteiger partial charge in [0.1, 0.15) is 146 Å². The number of hydrogen-bond donors (Lipinski definition) is 13. The number of hydrogen-bond acceptors (Lipinski definition) is 42. The Hall–Kier alpha value is -8.68. The smallest absolute Gasteiger partial charge is 0.394 e. The van der Waals surface area contributed by atoms with Crippen LogP contribution in [0.3, 0.4) is 0 Å². The molecule has 6 fully saturated rings. The molecule has 644 valence electrons. The number of anilines is 4. The van der Waals surface area contributed by atoms with Crippen molar-refractivity contribution in [3.05, 3.63) is 126 Å². The third kappa shape index (κ3) is 18.9. The summed E-state index contributed by atoms with van der Waals surface area (Å²) in [4.78, 5) is 166. The molecular formula is C59H75N22O33P5. The molecule has 6 aliphatic heterocycles. The molecule has 6 aliphatic rings. The Morgan fingerprint density at radius 1 is 0.420 bits per heavy atom. The van der Waals surface area contributed by atoms with E-state index >= 15 is 0 Å². The average molecular weight is 1780 g/mol. The molecule has 15 rings (SSSR count). The van der Waals surface area contributed by atoms with Gasteiger partial charge in [-0.05, 0) is 19.9 Å². The second kappa shape index (κ2) is 34.0. The molecule has 0 aliphatic carbocycles. The molecule has 0 bridgehead atoms. The summed E-state index contributed by atoms with van der Waals surface area (Å²) in [5.41, 5.74) is 20.3.